The highest BCUT2D eigenvalue weighted by Gasteiger charge is 2.29. The third kappa shape index (κ3) is 3.14. The zero-order valence-corrected chi connectivity index (χ0v) is 12.3. The van der Waals surface area contributed by atoms with Crippen molar-refractivity contribution in [1.29, 1.82) is 5.26 Å². The third-order valence-electron chi connectivity index (χ3n) is 4.04. The van der Waals surface area contributed by atoms with E-state index in [4.69, 9.17) is 5.73 Å². The summed E-state index contributed by atoms with van der Waals surface area (Å²) in [6, 6.07) is 4.13. The second-order valence-electron chi connectivity index (χ2n) is 5.53. The lowest BCUT2D eigenvalue weighted by atomic mass is 9.90. The molecular formula is C15H20N4O2. The van der Waals surface area contributed by atoms with E-state index in [9.17, 15) is 15.2 Å². The van der Waals surface area contributed by atoms with Crippen molar-refractivity contribution in [2.75, 3.05) is 18.0 Å². The highest BCUT2D eigenvalue weighted by atomic mass is 16.3. The Labute approximate surface area is 124 Å². The van der Waals surface area contributed by atoms with Gasteiger partial charge < -0.3 is 15.7 Å². The van der Waals surface area contributed by atoms with Crippen LogP contribution < -0.4 is 10.6 Å². The highest BCUT2D eigenvalue weighted by molar-refractivity contribution is 5.78. The monoisotopic (exact) mass is 288 g/mol. The average Bonchev–Trinajstić information content (AvgIpc) is 2.46. The predicted molar refractivity (Wildman–Crippen MR) is 78.6 cm³/mol. The smallest absolute Gasteiger partial charge is 0.246 e. The molecule has 0 aliphatic carbocycles. The van der Waals surface area contributed by atoms with Gasteiger partial charge >= 0.3 is 0 Å². The summed E-state index contributed by atoms with van der Waals surface area (Å²) in [5.41, 5.74) is 8.22. The van der Waals surface area contributed by atoms with Crippen molar-refractivity contribution in [3.63, 3.8) is 0 Å². The molecule has 1 aromatic heterocycles. The summed E-state index contributed by atoms with van der Waals surface area (Å²) in [6.45, 7) is 5.11. The zero-order chi connectivity index (χ0) is 15.6. The number of nitriles is 1. The first-order chi connectivity index (χ1) is 9.93. The molecule has 6 heteroatoms. The molecule has 1 saturated heterocycles. The Hall–Kier alpha value is -2.13. The van der Waals surface area contributed by atoms with Gasteiger partial charge in [0.25, 0.3) is 0 Å². The minimum absolute atomic E-state index is 0.103. The van der Waals surface area contributed by atoms with Gasteiger partial charge in [0, 0.05) is 18.8 Å². The molecule has 1 amide bonds. The summed E-state index contributed by atoms with van der Waals surface area (Å²) in [4.78, 5) is 17.5. The number of aliphatic hydroxyl groups is 1. The van der Waals surface area contributed by atoms with Crippen LogP contribution in [0.1, 0.15) is 29.8 Å². The summed E-state index contributed by atoms with van der Waals surface area (Å²) in [5, 5.41) is 19.1. The van der Waals surface area contributed by atoms with Crippen LogP contribution in [0.4, 0.5) is 5.69 Å². The maximum absolute atomic E-state index is 11.0. The number of carbonyl (C=O) groups is 1. The first-order valence-electron chi connectivity index (χ1n) is 7.04. The van der Waals surface area contributed by atoms with Gasteiger partial charge in [-0.05, 0) is 38.7 Å². The average molecular weight is 288 g/mol. The van der Waals surface area contributed by atoms with Crippen LogP contribution in [-0.4, -0.2) is 35.2 Å². The van der Waals surface area contributed by atoms with Gasteiger partial charge in [0.05, 0.1) is 16.9 Å². The number of aryl methyl sites for hydroxylation is 2. The molecule has 0 radical (unpaired) electrons. The summed E-state index contributed by atoms with van der Waals surface area (Å²) in [6.07, 6.45) is 0.272. The Morgan fingerprint density at radius 2 is 2.14 bits per heavy atom. The van der Waals surface area contributed by atoms with Gasteiger partial charge in [-0.2, -0.15) is 5.26 Å². The van der Waals surface area contributed by atoms with E-state index >= 15 is 0 Å². The molecule has 0 unspecified atom stereocenters. The van der Waals surface area contributed by atoms with Crippen LogP contribution in [0, 0.1) is 31.1 Å². The van der Waals surface area contributed by atoms with Crippen molar-refractivity contribution in [3.8, 4) is 6.07 Å². The van der Waals surface area contributed by atoms with E-state index in [-0.39, 0.29) is 5.92 Å². The predicted octanol–water partition coefficient (Wildman–Crippen LogP) is 0.633. The van der Waals surface area contributed by atoms with Gasteiger partial charge in [-0.1, -0.05) is 0 Å². The van der Waals surface area contributed by atoms with Crippen LogP contribution in [0.15, 0.2) is 6.07 Å². The van der Waals surface area contributed by atoms with E-state index in [1.807, 2.05) is 19.9 Å². The van der Waals surface area contributed by atoms with Gasteiger partial charge in [0.2, 0.25) is 5.91 Å². The molecule has 1 aromatic rings. The molecule has 2 heterocycles. The molecule has 1 aliphatic heterocycles. The summed E-state index contributed by atoms with van der Waals surface area (Å²) in [7, 11) is 0. The first kappa shape index (κ1) is 15.3. The van der Waals surface area contributed by atoms with E-state index in [1.165, 1.54) is 0 Å². The van der Waals surface area contributed by atoms with E-state index in [2.05, 4.69) is 16.0 Å². The summed E-state index contributed by atoms with van der Waals surface area (Å²) in [5.74, 6) is -0.768. The van der Waals surface area contributed by atoms with E-state index < -0.39 is 12.0 Å². The zero-order valence-electron chi connectivity index (χ0n) is 12.3. The maximum Gasteiger partial charge on any atom is 0.246 e. The molecule has 0 saturated carbocycles. The Balaban J connectivity index is 2.17. The second-order valence-corrected chi connectivity index (χ2v) is 5.53. The van der Waals surface area contributed by atoms with Gasteiger partial charge in [-0.3, -0.25) is 9.78 Å². The minimum atomic E-state index is -1.08. The van der Waals surface area contributed by atoms with Crippen molar-refractivity contribution in [2.45, 2.75) is 32.8 Å². The fourth-order valence-electron chi connectivity index (χ4n) is 2.88. The number of nitrogens with zero attached hydrogens (tertiary/aromatic N) is 3. The number of pyridine rings is 1. The van der Waals surface area contributed by atoms with Gasteiger partial charge in [0.15, 0.2) is 0 Å². The second kappa shape index (κ2) is 6.10. The SMILES string of the molecule is Cc1cc(N2CCC([C@@H](O)C(N)=O)CC2)c(C#N)c(C)n1. The number of carbonyl (C=O) groups excluding carboxylic acids is 1. The van der Waals surface area contributed by atoms with Crippen molar-refractivity contribution in [3.05, 3.63) is 23.0 Å². The molecule has 1 fully saturated rings. The van der Waals surface area contributed by atoms with Crippen molar-refractivity contribution < 1.29 is 9.90 Å². The lowest BCUT2D eigenvalue weighted by Gasteiger charge is -2.35. The van der Waals surface area contributed by atoms with Crippen LogP contribution in [-0.2, 0) is 4.79 Å². The fourth-order valence-corrected chi connectivity index (χ4v) is 2.88. The molecule has 2 rings (SSSR count). The van der Waals surface area contributed by atoms with Gasteiger partial charge in [-0.25, -0.2) is 0 Å². The minimum Gasteiger partial charge on any atom is -0.383 e. The molecule has 21 heavy (non-hydrogen) atoms. The normalized spacial score (nSPS) is 17.3. The Morgan fingerprint density at radius 3 is 2.67 bits per heavy atom. The Morgan fingerprint density at radius 1 is 1.52 bits per heavy atom. The maximum atomic E-state index is 11.0. The van der Waals surface area contributed by atoms with Crippen molar-refractivity contribution in [2.24, 2.45) is 11.7 Å². The molecule has 3 N–H and O–H groups in total. The highest BCUT2D eigenvalue weighted by Crippen LogP contribution is 2.29. The van der Waals surface area contributed by atoms with Crippen LogP contribution in [0.5, 0.6) is 0 Å². The number of nitrogens with two attached hydrogens (primary N) is 1. The van der Waals surface area contributed by atoms with E-state index in [0.717, 1.165) is 17.1 Å². The van der Waals surface area contributed by atoms with Crippen LogP contribution >= 0.6 is 0 Å². The number of amides is 1. The number of hydrogen-bond donors (Lipinski definition) is 2. The Bertz CT molecular complexity index is 586. The fraction of sp³-hybridized carbons (Fsp3) is 0.533. The van der Waals surface area contributed by atoms with Crippen LogP contribution in [0.3, 0.4) is 0 Å². The third-order valence-corrected chi connectivity index (χ3v) is 4.04. The van der Waals surface area contributed by atoms with Crippen molar-refractivity contribution in [1.82, 2.24) is 4.98 Å². The molecule has 0 spiro atoms. The quantitative estimate of drug-likeness (QED) is 0.849. The molecule has 0 bridgehead atoms. The van der Waals surface area contributed by atoms with E-state index in [1.54, 1.807) is 0 Å². The van der Waals surface area contributed by atoms with Gasteiger partial charge in [-0.15, -0.1) is 0 Å². The molecule has 112 valence electrons. The number of aromatic nitrogens is 1. The molecule has 6 nitrogen and oxygen atoms in total. The molecule has 1 aliphatic rings. The number of aliphatic hydroxyl groups excluding tert-OH is 1. The van der Waals surface area contributed by atoms with Crippen molar-refractivity contribution >= 4 is 11.6 Å². The van der Waals surface area contributed by atoms with Crippen LogP contribution in [0.25, 0.3) is 0 Å². The Kier molecular flexibility index (Phi) is 4.43. The summed E-state index contributed by atoms with van der Waals surface area (Å²) >= 11 is 0. The number of hydrogen-bond acceptors (Lipinski definition) is 5. The largest absolute Gasteiger partial charge is 0.383 e. The van der Waals surface area contributed by atoms with Crippen LogP contribution in [0.2, 0.25) is 0 Å². The lowest BCUT2D eigenvalue weighted by Crippen LogP contribution is -2.43. The number of piperidine rings is 1. The first-order valence-corrected chi connectivity index (χ1v) is 7.04. The van der Waals surface area contributed by atoms with E-state index in [0.29, 0.717) is 31.5 Å². The number of rotatable bonds is 3. The molecular weight excluding hydrogens is 268 g/mol. The summed E-state index contributed by atoms with van der Waals surface area (Å²) < 4.78 is 0. The molecule has 1 atom stereocenters. The topological polar surface area (TPSA) is 103 Å². The number of anilines is 1. The lowest BCUT2D eigenvalue weighted by molar-refractivity contribution is -0.129. The number of primary amides is 1. The standard InChI is InChI=1S/C15H20N4O2/c1-9-7-13(12(8-16)10(2)18-9)19-5-3-11(4-6-19)14(20)15(17)21/h7,11,14,20H,3-6H2,1-2H3,(H2,17,21)/t14-/m1/s1. The van der Waals surface area contributed by atoms with Gasteiger partial charge in [0.1, 0.15) is 12.2 Å². The molecule has 0 aromatic carbocycles.